The first-order valence-electron chi connectivity index (χ1n) is 10.6. The fraction of sp³-hybridized carbons (Fsp3) is 0.286. The molecular weight excluding hydrogens is 476 g/mol. The molecule has 178 valence electrons. The Morgan fingerprint density at radius 1 is 1.12 bits per heavy atom. The number of aromatic nitrogens is 6. The van der Waals surface area contributed by atoms with Crippen LogP contribution >= 0.6 is 11.7 Å². The zero-order chi connectivity index (χ0) is 24.0. The van der Waals surface area contributed by atoms with E-state index in [-0.39, 0.29) is 11.4 Å². The summed E-state index contributed by atoms with van der Waals surface area (Å²) >= 11 is 1.06. The number of sulfonamides is 1. The van der Waals surface area contributed by atoms with Crippen molar-refractivity contribution < 1.29 is 13.2 Å². The summed E-state index contributed by atoms with van der Waals surface area (Å²) in [5, 5.41) is 3.12. The van der Waals surface area contributed by atoms with E-state index >= 15 is 0 Å². The molecule has 0 saturated carbocycles. The monoisotopic (exact) mass is 500 g/mol. The van der Waals surface area contributed by atoms with E-state index in [1.807, 2.05) is 13.0 Å². The van der Waals surface area contributed by atoms with Crippen LogP contribution in [0.4, 0.5) is 11.6 Å². The first-order valence-corrected chi connectivity index (χ1v) is 12.8. The summed E-state index contributed by atoms with van der Waals surface area (Å²) < 4.78 is 42.8. The number of hydrogen-bond donors (Lipinski definition) is 2. The fourth-order valence-corrected chi connectivity index (χ4v) is 4.68. The van der Waals surface area contributed by atoms with Gasteiger partial charge in [0.15, 0.2) is 0 Å². The normalized spacial score (nSPS) is 11.5. The summed E-state index contributed by atoms with van der Waals surface area (Å²) in [5.41, 5.74) is 2.33. The Balaban J connectivity index is 1.35. The van der Waals surface area contributed by atoms with Crippen LogP contribution in [0.3, 0.4) is 0 Å². The van der Waals surface area contributed by atoms with Gasteiger partial charge < -0.3 is 14.6 Å². The molecule has 4 aromatic rings. The molecule has 3 heterocycles. The number of benzene rings is 1. The number of imidazole rings is 1. The van der Waals surface area contributed by atoms with Gasteiger partial charge >= 0.3 is 0 Å². The van der Waals surface area contributed by atoms with E-state index in [0.717, 1.165) is 35.5 Å². The van der Waals surface area contributed by atoms with E-state index in [1.54, 1.807) is 24.5 Å². The molecule has 0 fully saturated rings. The zero-order valence-electron chi connectivity index (χ0n) is 18.7. The van der Waals surface area contributed by atoms with Crippen molar-refractivity contribution in [3.05, 3.63) is 54.7 Å². The first-order chi connectivity index (χ1) is 16.5. The summed E-state index contributed by atoms with van der Waals surface area (Å²) in [4.78, 5) is 13.4. The number of rotatable bonds is 11. The molecule has 0 radical (unpaired) electrons. The van der Waals surface area contributed by atoms with Crippen molar-refractivity contribution in [1.82, 2.24) is 33.0 Å². The number of nitrogens with one attached hydrogen (secondary N) is 2. The molecule has 1 aromatic carbocycles. The maximum Gasteiger partial charge on any atom is 0.245 e. The van der Waals surface area contributed by atoms with Crippen LogP contribution in [0.5, 0.6) is 5.88 Å². The van der Waals surface area contributed by atoms with Crippen LogP contribution in [0.1, 0.15) is 19.2 Å². The second-order valence-corrected chi connectivity index (χ2v) is 9.52. The van der Waals surface area contributed by atoms with E-state index in [0.29, 0.717) is 30.5 Å². The maximum absolute atomic E-state index is 12.5. The Kier molecular flexibility index (Phi) is 7.45. The standard InChI is InChI=1S/C21H24N8O3S2/c1-3-29-15(2)23-13-19(29)18-9-11-22-21(27-18)26-16-5-7-17(8-6-16)34(30,31)25-10-4-12-32-20-14-24-33-28-20/h5-9,11,13-14,25H,3-4,10,12H2,1-2H3,(H,22,26,27). The van der Waals surface area contributed by atoms with Crippen LogP contribution in [0.2, 0.25) is 0 Å². The lowest BCUT2D eigenvalue weighted by atomic mass is 10.3. The first kappa shape index (κ1) is 23.7. The molecule has 4 rings (SSSR count). The van der Waals surface area contributed by atoms with Gasteiger partial charge in [-0.05, 0) is 50.6 Å². The third-order valence-corrected chi connectivity index (χ3v) is 6.85. The predicted molar refractivity (Wildman–Crippen MR) is 129 cm³/mol. The van der Waals surface area contributed by atoms with E-state index in [9.17, 15) is 8.42 Å². The molecule has 0 unspecified atom stereocenters. The minimum atomic E-state index is -3.63. The maximum atomic E-state index is 12.5. The molecule has 3 aromatic heterocycles. The van der Waals surface area contributed by atoms with E-state index in [2.05, 4.69) is 45.2 Å². The molecule has 0 aliphatic heterocycles. The van der Waals surface area contributed by atoms with Crippen molar-refractivity contribution in [1.29, 1.82) is 0 Å². The Labute approximate surface area is 201 Å². The van der Waals surface area contributed by atoms with Crippen molar-refractivity contribution >= 4 is 33.4 Å². The molecule has 2 N–H and O–H groups in total. The van der Waals surface area contributed by atoms with Gasteiger partial charge in [0.05, 0.1) is 40.8 Å². The highest BCUT2D eigenvalue weighted by Crippen LogP contribution is 2.21. The van der Waals surface area contributed by atoms with E-state index in [4.69, 9.17) is 4.74 Å². The smallest absolute Gasteiger partial charge is 0.245 e. The molecule has 11 nitrogen and oxygen atoms in total. The summed E-state index contributed by atoms with van der Waals surface area (Å²) in [6.45, 7) is 5.38. The lowest BCUT2D eigenvalue weighted by Crippen LogP contribution is -2.25. The van der Waals surface area contributed by atoms with E-state index < -0.39 is 10.0 Å². The third kappa shape index (κ3) is 5.73. The molecule has 0 bridgehead atoms. The predicted octanol–water partition coefficient (Wildman–Crippen LogP) is 3.01. The number of aryl methyl sites for hydroxylation is 1. The molecule has 34 heavy (non-hydrogen) atoms. The van der Waals surface area contributed by atoms with Gasteiger partial charge in [-0.1, -0.05) is 0 Å². The molecule has 0 aliphatic carbocycles. The largest absolute Gasteiger partial charge is 0.476 e. The Hall–Kier alpha value is -3.42. The number of hydrogen-bond acceptors (Lipinski definition) is 10. The Morgan fingerprint density at radius 3 is 2.68 bits per heavy atom. The molecule has 0 amide bonds. The lowest BCUT2D eigenvalue weighted by Gasteiger charge is -2.10. The van der Waals surface area contributed by atoms with Gasteiger partial charge in [0.25, 0.3) is 0 Å². The van der Waals surface area contributed by atoms with Crippen molar-refractivity contribution in [2.75, 3.05) is 18.5 Å². The minimum absolute atomic E-state index is 0.166. The van der Waals surface area contributed by atoms with Crippen molar-refractivity contribution in [2.45, 2.75) is 31.7 Å². The Bertz CT molecular complexity index is 1320. The molecule has 0 saturated heterocycles. The highest BCUT2D eigenvalue weighted by atomic mass is 32.2. The number of anilines is 2. The van der Waals surface area contributed by atoms with Gasteiger partial charge in [-0.15, -0.1) is 4.37 Å². The second kappa shape index (κ2) is 10.7. The molecule has 0 atom stereocenters. The van der Waals surface area contributed by atoms with E-state index in [1.165, 1.54) is 18.3 Å². The van der Waals surface area contributed by atoms with Crippen LogP contribution < -0.4 is 14.8 Å². The summed E-state index contributed by atoms with van der Waals surface area (Å²) in [7, 11) is -3.63. The van der Waals surface area contributed by atoms with Gasteiger partial charge in [0.2, 0.25) is 21.9 Å². The second-order valence-electron chi connectivity index (χ2n) is 7.20. The summed E-state index contributed by atoms with van der Waals surface area (Å²) in [6, 6.07) is 8.23. The van der Waals surface area contributed by atoms with Gasteiger partial charge in [-0.25, -0.2) is 28.1 Å². The lowest BCUT2D eigenvalue weighted by molar-refractivity contribution is 0.302. The van der Waals surface area contributed by atoms with Crippen molar-refractivity contribution in [2.24, 2.45) is 0 Å². The van der Waals surface area contributed by atoms with Crippen LogP contribution in [0, 0.1) is 6.92 Å². The van der Waals surface area contributed by atoms with Gasteiger partial charge in [0, 0.05) is 25.0 Å². The Morgan fingerprint density at radius 2 is 1.94 bits per heavy atom. The van der Waals surface area contributed by atoms with Crippen LogP contribution in [0.25, 0.3) is 11.4 Å². The van der Waals surface area contributed by atoms with Gasteiger partial charge in [-0.2, -0.15) is 4.37 Å². The van der Waals surface area contributed by atoms with Crippen LogP contribution in [-0.2, 0) is 16.6 Å². The van der Waals surface area contributed by atoms with Crippen LogP contribution in [-0.4, -0.2) is 49.8 Å². The summed E-state index contributed by atoms with van der Waals surface area (Å²) in [5.74, 6) is 1.76. The topological polar surface area (TPSA) is 137 Å². The quantitative estimate of drug-likeness (QED) is 0.298. The number of nitrogens with zero attached hydrogens (tertiary/aromatic N) is 6. The molecule has 0 aliphatic rings. The zero-order valence-corrected chi connectivity index (χ0v) is 20.3. The SMILES string of the molecule is CCn1c(-c2ccnc(Nc3ccc(S(=O)(=O)NCCCOc4cnsn4)cc3)n2)cnc1C. The average molecular weight is 501 g/mol. The van der Waals surface area contributed by atoms with Crippen molar-refractivity contribution in [3.63, 3.8) is 0 Å². The average Bonchev–Trinajstić information content (AvgIpc) is 3.48. The third-order valence-electron chi connectivity index (χ3n) is 4.91. The number of ether oxygens (including phenoxy) is 1. The van der Waals surface area contributed by atoms with Gasteiger partial charge in [0.1, 0.15) is 12.0 Å². The fourth-order valence-electron chi connectivity index (χ4n) is 3.24. The minimum Gasteiger partial charge on any atom is -0.476 e. The molecule has 0 spiro atoms. The molecular formula is C21H24N8O3S2. The van der Waals surface area contributed by atoms with Gasteiger partial charge in [-0.3, -0.25) is 0 Å². The van der Waals surface area contributed by atoms with Crippen molar-refractivity contribution in [3.8, 4) is 17.3 Å². The summed E-state index contributed by atoms with van der Waals surface area (Å²) in [6.07, 6.45) is 5.48. The molecule has 13 heteroatoms. The van der Waals surface area contributed by atoms with Crippen LogP contribution in [0.15, 0.2) is 53.8 Å². The highest BCUT2D eigenvalue weighted by Gasteiger charge is 2.14. The highest BCUT2D eigenvalue weighted by molar-refractivity contribution is 7.89.